The van der Waals surface area contributed by atoms with E-state index in [-0.39, 0.29) is 24.5 Å². The average molecular weight is 344 g/mol. The molecule has 0 radical (unpaired) electrons. The molecule has 5 heteroatoms. The van der Waals surface area contributed by atoms with Gasteiger partial charge >= 0.3 is 6.18 Å². The van der Waals surface area contributed by atoms with Gasteiger partial charge in [-0.25, -0.2) is 0 Å². The molecule has 0 aliphatic heterocycles. The number of hydrogen-bond acceptors (Lipinski definition) is 1. The SMILES string of the molecule is CC(C)Cc1ccc(-c2ccc(CN)c(C(F)(F)F)c2)cc1.Cl. The lowest BCUT2D eigenvalue weighted by Gasteiger charge is -2.14. The molecule has 0 spiro atoms. The van der Waals surface area contributed by atoms with E-state index in [0.717, 1.165) is 12.0 Å². The Morgan fingerprint density at radius 1 is 0.957 bits per heavy atom. The first-order valence-electron chi connectivity index (χ1n) is 7.30. The number of benzene rings is 2. The van der Waals surface area contributed by atoms with Crippen molar-refractivity contribution >= 4 is 12.4 Å². The molecular weight excluding hydrogens is 323 g/mol. The summed E-state index contributed by atoms with van der Waals surface area (Å²) in [5.74, 6) is 0.548. The molecule has 0 fully saturated rings. The van der Waals surface area contributed by atoms with Crippen LogP contribution in [-0.4, -0.2) is 0 Å². The molecule has 0 unspecified atom stereocenters. The minimum Gasteiger partial charge on any atom is -0.326 e. The zero-order valence-corrected chi connectivity index (χ0v) is 14.0. The van der Waals surface area contributed by atoms with Gasteiger partial charge in [0.25, 0.3) is 0 Å². The molecule has 1 nitrogen and oxygen atoms in total. The fourth-order valence-corrected chi connectivity index (χ4v) is 2.50. The van der Waals surface area contributed by atoms with Gasteiger partial charge in [-0.2, -0.15) is 13.2 Å². The lowest BCUT2D eigenvalue weighted by Crippen LogP contribution is -2.12. The minimum atomic E-state index is -4.39. The summed E-state index contributed by atoms with van der Waals surface area (Å²) in [5.41, 5.74) is 7.39. The van der Waals surface area contributed by atoms with Crippen molar-refractivity contribution < 1.29 is 13.2 Å². The molecule has 0 saturated carbocycles. The van der Waals surface area contributed by atoms with Gasteiger partial charge in [-0.3, -0.25) is 0 Å². The maximum atomic E-state index is 13.1. The first-order valence-corrected chi connectivity index (χ1v) is 7.30. The smallest absolute Gasteiger partial charge is 0.326 e. The zero-order valence-electron chi connectivity index (χ0n) is 13.2. The Labute approximate surface area is 141 Å². The van der Waals surface area contributed by atoms with E-state index in [0.29, 0.717) is 11.5 Å². The number of nitrogens with two attached hydrogens (primary N) is 1. The van der Waals surface area contributed by atoms with Crippen molar-refractivity contribution in [3.05, 3.63) is 59.2 Å². The van der Waals surface area contributed by atoms with Crippen LogP contribution >= 0.6 is 12.4 Å². The second-order valence-corrected chi connectivity index (χ2v) is 5.87. The molecule has 0 aromatic heterocycles. The molecule has 2 aromatic rings. The Balaban J connectivity index is 0.00000264. The van der Waals surface area contributed by atoms with Crippen LogP contribution in [0.3, 0.4) is 0 Å². The van der Waals surface area contributed by atoms with Crippen molar-refractivity contribution in [2.24, 2.45) is 11.7 Å². The molecule has 0 bridgehead atoms. The molecule has 2 aromatic carbocycles. The van der Waals surface area contributed by atoms with Gasteiger partial charge in [-0.1, -0.05) is 50.2 Å². The topological polar surface area (TPSA) is 26.0 Å². The predicted molar refractivity (Wildman–Crippen MR) is 90.6 cm³/mol. The number of halogens is 4. The van der Waals surface area contributed by atoms with E-state index in [1.807, 2.05) is 24.3 Å². The fourth-order valence-electron chi connectivity index (χ4n) is 2.50. The molecule has 0 amide bonds. The van der Waals surface area contributed by atoms with Gasteiger partial charge < -0.3 is 5.73 Å². The minimum absolute atomic E-state index is 0. The van der Waals surface area contributed by atoms with Crippen molar-refractivity contribution in [1.82, 2.24) is 0 Å². The van der Waals surface area contributed by atoms with Gasteiger partial charge in [0.2, 0.25) is 0 Å². The highest BCUT2D eigenvalue weighted by molar-refractivity contribution is 5.85. The molecule has 0 saturated heterocycles. The number of hydrogen-bond donors (Lipinski definition) is 1. The van der Waals surface area contributed by atoms with Crippen LogP contribution in [-0.2, 0) is 19.1 Å². The van der Waals surface area contributed by atoms with Gasteiger partial charge in [0.15, 0.2) is 0 Å². The molecule has 0 aliphatic rings. The van der Waals surface area contributed by atoms with E-state index in [1.54, 1.807) is 6.07 Å². The van der Waals surface area contributed by atoms with Crippen LogP contribution in [0.2, 0.25) is 0 Å². The molecule has 2 N–H and O–H groups in total. The van der Waals surface area contributed by atoms with Crippen LogP contribution in [0.5, 0.6) is 0 Å². The Kier molecular flexibility index (Phi) is 6.66. The monoisotopic (exact) mass is 343 g/mol. The lowest BCUT2D eigenvalue weighted by atomic mass is 9.96. The van der Waals surface area contributed by atoms with Crippen LogP contribution in [0.25, 0.3) is 11.1 Å². The molecular formula is C18H21ClF3N. The van der Waals surface area contributed by atoms with Crippen molar-refractivity contribution in [2.75, 3.05) is 0 Å². The molecule has 0 aliphatic carbocycles. The summed E-state index contributed by atoms with van der Waals surface area (Å²) in [4.78, 5) is 0. The summed E-state index contributed by atoms with van der Waals surface area (Å²) in [7, 11) is 0. The Hall–Kier alpha value is -1.52. The van der Waals surface area contributed by atoms with Crippen LogP contribution in [0.4, 0.5) is 13.2 Å². The Morgan fingerprint density at radius 2 is 1.52 bits per heavy atom. The first-order chi connectivity index (χ1) is 10.3. The van der Waals surface area contributed by atoms with E-state index in [1.165, 1.54) is 17.7 Å². The third-order valence-corrected chi connectivity index (χ3v) is 3.57. The quantitative estimate of drug-likeness (QED) is 0.784. The normalized spacial score (nSPS) is 11.4. The summed E-state index contributed by atoms with van der Waals surface area (Å²) < 4.78 is 39.2. The maximum Gasteiger partial charge on any atom is 0.416 e. The summed E-state index contributed by atoms with van der Waals surface area (Å²) in [6.07, 6.45) is -3.43. The summed E-state index contributed by atoms with van der Waals surface area (Å²) >= 11 is 0. The lowest BCUT2D eigenvalue weighted by molar-refractivity contribution is -0.138. The summed E-state index contributed by atoms with van der Waals surface area (Å²) in [6, 6.07) is 12.0. The highest BCUT2D eigenvalue weighted by Crippen LogP contribution is 2.35. The van der Waals surface area contributed by atoms with E-state index >= 15 is 0 Å². The zero-order chi connectivity index (χ0) is 16.3. The number of alkyl halides is 3. The van der Waals surface area contributed by atoms with Crippen molar-refractivity contribution in [2.45, 2.75) is 33.0 Å². The standard InChI is InChI=1S/C18H20F3N.ClH/c1-12(2)9-13-3-5-14(6-4-13)15-7-8-16(11-22)17(10-15)18(19,20)21;/h3-8,10,12H,9,11,22H2,1-2H3;1H. The van der Waals surface area contributed by atoms with Crippen LogP contribution in [0.1, 0.15) is 30.5 Å². The van der Waals surface area contributed by atoms with Gasteiger partial charge in [-0.05, 0) is 40.7 Å². The van der Waals surface area contributed by atoms with Crippen molar-refractivity contribution in [3.63, 3.8) is 0 Å². The Morgan fingerprint density at radius 3 is 2.00 bits per heavy atom. The predicted octanol–water partition coefficient (Wildman–Crippen LogP) is 5.45. The highest BCUT2D eigenvalue weighted by Gasteiger charge is 2.33. The van der Waals surface area contributed by atoms with E-state index in [2.05, 4.69) is 13.8 Å². The molecule has 0 atom stereocenters. The second kappa shape index (κ2) is 7.84. The van der Waals surface area contributed by atoms with Crippen LogP contribution < -0.4 is 5.73 Å². The van der Waals surface area contributed by atoms with E-state index in [9.17, 15) is 13.2 Å². The van der Waals surface area contributed by atoms with Gasteiger partial charge in [-0.15, -0.1) is 12.4 Å². The van der Waals surface area contributed by atoms with Gasteiger partial charge in [0, 0.05) is 6.54 Å². The maximum absolute atomic E-state index is 13.1. The van der Waals surface area contributed by atoms with Crippen LogP contribution in [0.15, 0.2) is 42.5 Å². The number of rotatable bonds is 4. The first kappa shape index (κ1) is 19.5. The van der Waals surface area contributed by atoms with Gasteiger partial charge in [0.05, 0.1) is 5.56 Å². The fraction of sp³-hybridized carbons (Fsp3) is 0.333. The van der Waals surface area contributed by atoms with Crippen LogP contribution in [0, 0.1) is 5.92 Å². The largest absolute Gasteiger partial charge is 0.416 e. The molecule has 2 rings (SSSR count). The summed E-state index contributed by atoms with van der Waals surface area (Å²) in [6.45, 7) is 4.15. The van der Waals surface area contributed by atoms with E-state index < -0.39 is 11.7 Å². The highest BCUT2D eigenvalue weighted by atomic mass is 35.5. The van der Waals surface area contributed by atoms with E-state index in [4.69, 9.17) is 5.73 Å². The summed E-state index contributed by atoms with van der Waals surface area (Å²) in [5, 5.41) is 0. The second-order valence-electron chi connectivity index (χ2n) is 5.87. The van der Waals surface area contributed by atoms with Gasteiger partial charge in [0.1, 0.15) is 0 Å². The third kappa shape index (κ3) is 4.98. The van der Waals surface area contributed by atoms with Crippen molar-refractivity contribution in [3.8, 4) is 11.1 Å². The molecule has 126 valence electrons. The average Bonchev–Trinajstić information content (AvgIpc) is 2.46. The molecule has 0 heterocycles. The molecule has 23 heavy (non-hydrogen) atoms. The third-order valence-electron chi connectivity index (χ3n) is 3.57. The Bertz CT molecular complexity index is 634. The van der Waals surface area contributed by atoms with Crippen molar-refractivity contribution in [1.29, 1.82) is 0 Å².